The summed E-state index contributed by atoms with van der Waals surface area (Å²) in [6, 6.07) is 0. The molecule has 0 radical (unpaired) electrons. The summed E-state index contributed by atoms with van der Waals surface area (Å²) in [5.74, 6) is -2.57. The molecule has 1 saturated heterocycles. The normalized spacial score (nSPS) is 29.3. The third-order valence-corrected chi connectivity index (χ3v) is 3.38. The summed E-state index contributed by atoms with van der Waals surface area (Å²) in [5, 5.41) is 0. The van der Waals surface area contributed by atoms with Crippen molar-refractivity contribution < 1.29 is 42.9 Å². The zero-order valence-electron chi connectivity index (χ0n) is 13.7. The van der Waals surface area contributed by atoms with Gasteiger partial charge in [-0.05, 0) is 0 Å². The molecule has 2 unspecified atom stereocenters. The minimum atomic E-state index is -1.16. The van der Waals surface area contributed by atoms with Gasteiger partial charge in [0.05, 0.1) is 0 Å². The van der Waals surface area contributed by atoms with Gasteiger partial charge in [0.2, 0.25) is 0 Å². The number of carbonyl (C=O) groups excluding carboxylic acids is 4. The monoisotopic (exact) mass is 364 g/mol. The summed E-state index contributed by atoms with van der Waals surface area (Å²) >= 11 is 4.18. The maximum absolute atomic E-state index is 11.4. The molecule has 0 aromatic carbocycles. The van der Waals surface area contributed by atoms with Crippen LogP contribution >= 0.6 is 12.6 Å². The minimum absolute atomic E-state index is 0.255. The molecule has 0 aromatic heterocycles. The highest BCUT2D eigenvalue weighted by atomic mass is 32.1. The number of hydrogen-bond donors (Lipinski definition) is 1. The SMILES string of the molecule is CC(=O)OCC1O[C@@H](S)C(OC(C)=O)[C@H](OC(C)=O)[C@H]1OC(C)=O. The van der Waals surface area contributed by atoms with Gasteiger partial charge in [-0.3, -0.25) is 19.2 Å². The Balaban J connectivity index is 3.11. The highest BCUT2D eigenvalue weighted by molar-refractivity contribution is 7.80. The van der Waals surface area contributed by atoms with E-state index in [1.807, 2.05) is 0 Å². The molecule has 5 atom stereocenters. The third-order valence-electron chi connectivity index (χ3n) is 2.97. The van der Waals surface area contributed by atoms with E-state index in [9.17, 15) is 19.2 Å². The van der Waals surface area contributed by atoms with Crippen molar-refractivity contribution in [1.82, 2.24) is 0 Å². The maximum atomic E-state index is 11.4. The summed E-state index contributed by atoms with van der Waals surface area (Å²) in [5.41, 5.74) is -0.981. The van der Waals surface area contributed by atoms with Crippen molar-refractivity contribution in [2.45, 2.75) is 57.5 Å². The Kier molecular flexibility index (Phi) is 7.49. The van der Waals surface area contributed by atoms with Crippen molar-refractivity contribution >= 4 is 36.5 Å². The average Bonchev–Trinajstić information content (AvgIpc) is 2.42. The molecule has 24 heavy (non-hydrogen) atoms. The molecule has 0 aliphatic carbocycles. The quantitative estimate of drug-likeness (QED) is 0.409. The van der Waals surface area contributed by atoms with Gasteiger partial charge in [-0.2, -0.15) is 0 Å². The van der Waals surface area contributed by atoms with Crippen LogP contribution in [-0.2, 0) is 42.9 Å². The van der Waals surface area contributed by atoms with Crippen LogP contribution in [0, 0.1) is 0 Å². The predicted molar refractivity (Wildman–Crippen MR) is 80.9 cm³/mol. The molecule has 0 bridgehead atoms. The second kappa shape index (κ2) is 8.88. The first-order valence-electron chi connectivity index (χ1n) is 7.10. The Labute approximate surface area is 144 Å². The van der Waals surface area contributed by atoms with E-state index in [4.69, 9.17) is 23.7 Å². The van der Waals surface area contributed by atoms with Crippen LogP contribution in [0.2, 0.25) is 0 Å². The molecular formula is C14H20O9S. The van der Waals surface area contributed by atoms with Crippen LogP contribution in [0.1, 0.15) is 27.7 Å². The summed E-state index contributed by atoms with van der Waals surface area (Å²) in [7, 11) is 0. The largest absolute Gasteiger partial charge is 0.463 e. The fourth-order valence-corrected chi connectivity index (χ4v) is 2.59. The molecule has 0 N–H and O–H groups in total. The Morgan fingerprint density at radius 3 is 1.71 bits per heavy atom. The molecular weight excluding hydrogens is 344 g/mol. The lowest BCUT2D eigenvalue weighted by Crippen LogP contribution is -2.61. The van der Waals surface area contributed by atoms with Crippen LogP contribution in [0.15, 0.2) is 0 Å². The molecule has 10 heteroatoms. The lowest BCUT2D eigenvalue weighted by Gasteiger charge is -2.42. The number of ether oxygens (including phenoxy) is 5. The standard InChI is InChI=1S/C14H20O9S/c1-6(15)19-5-10-11(20-7(2)16)12(21-8(3)17)13(14(24)23-10)22-9(4)18/h10-14,24H,5H2,1-4H3/t10?,11-,12+,13?,14-/m0/s1. The van der Waals surface area contributed by atoms with Gasteiger partial charge in [-0.15, -0.1) is 12.6 Å². The topological polar surface area (TPSA) is 114 Å². The number of thiol groups is 1. The fourth-order valence-electron chi connectivity index (χ4n) is 2.21. The summed E-state index contributed by atoms with van der Waals surface area (Å²) in [6.07, 6.45) is -4.35. The Hall–Kier alpha value is -1.81. The number of carbonyl (C=O) groups is 4. The van der Waals surface area contributed by atoms with Crippen LogP contribution in [0.5, 0.6) is 0 Å². The second-order valence-corrected chi connectivity index (χ2v) is 5.60. The van der Waals surface area contributed by atoms with Gasteiger partial charge in [0.25, 0.3) is 0 Å². The Bertz CT molecular complexity index is 506. The van der Waals surface area contributed by atoms with E-state index < -0.39 is 53.7 Å². The van der Waals surface area contributed by atoms with Crippen molar-refractivity contribution in [1.29, 1.82) is 0 Å². The number of esters is 4. The van der Waals surface area contributed by atoms with E-state index in [-0.39, 0.29) is 6.61 Å². The Morgan fingerprint density at radius 1 is 0.792 bits per heavy atom. The lowest BCUT2D eigenvalue weighted by molar-refractivity contribution is -0.237. The first-order valence-corrected chi connectivity index (χ1v) is 7.62. The van der Waals surface area contributed by atoms with E-state index in [1.54, 1.807) is 0 Å². The molecule has 1 rings (SSSR count). The average molecular weight is 364 g/mol. The van der Waals surface area contributed by atoms with Crippen LogP contribution in [-0.4, -0.2) is 60.3 Å². The molecule has 0 saturated carbocycles. The van der Waals surface area contributed by atoms with E-state index in [2.05, 4.69) is 12.6 Å². The van der Waals surface area contributed by atoms with Crippen LogP contribution in [0.3, 0.4) is 0 Å². The molecule has 1 heterocycles. The molecule has 1 aliphatic rings. The fraction of sp³-hybridized carbons (Fsp3) is 0.714. The molecule has 0 amide bonds. The van der Waals surface area contributed by atoms with E-state index in [0.717, 1.165) is 20.8 Å². The highest BCUT2D eigenvalue weighted by Crippen LogP contribution is 2.30. The van der Waals surface area contributed by atoms with Gasteiger partial charge in [-0.1, -0.05) is 0 Å². The van der Waals surface area contributed by atoms with Gasteiger partial charge in [-0.25, -0.2) is 0 Å². The van der Waals surface area contributed by atoms with Gasteiger partial charge < -0.3 is 23.7 Å². The summed E-state index contributed by atoms with van der Waals surface area (Å²) in [6.45, 7) is 4.42. The van der Waals surface area contributed by atoms with Crippen molar-refractivity contribution in [2.24, 2.45) is 0 Å². The molecule has 1 fully saturated rings. The number of hydrogen-bond acceptors (Lipinski definition) is 10. The van der Waals surface area contributed by atoms with Crippen molar-refractivity contribution in [3.8, 4) is 0 Å². The molecule has 136 valence electrons. The van der Waals surface area contributed by atoms with Gasteiger partial charge in [0, 0.05) is 27.7 Å². The smallest absolute Gasteiger partial charge is 0.303 e. The van der Waals surface area contributed by atoms with Crippen LogP contribution in [0.25, 0.3) is 0 Å². The Morgan fingerprint density at radius 2 is 1.25 bits per heavy atom. The highest BCUT2D eigenvalue weighted by Gasteiger charge is 2.51. The van der Waals surface area contributed by atoms with Gasteiger partial charge in [0.1, 0.15) is 18.1 Å². The number of rotatable bonds is 5. The lowest BCUT2D eigenvalue weighted by atomic mass is 9.99. The van der Waals surface area contributed by atoms with Gasteiger partial charge >= 0.3 is 23.9 Å². The summed E-state index contributed by atoms with van der Waals surface area (Å²) in [4.78, 5) is 45.1. The van der Waals surface area contributed by atoms with E-state index >= 15 is 0 Å². The zero-order valence-corrected chi connectivity index (χ0v) is 14.6. The van der Waals surface area contributed by atoms with Crippen LogP contribution < -0.4 is 0 Å². The summed E-state index contributed by atoms with van der Waals surface area (Å²) < 4.78 is 25.8. The zero-order chi connectivity index (χ0) is 18.4. The molecule has 9 nitrogen and oxygen atoms in total. The minimum Gasteiger partial charge on any atom is -0.463 e. The van der Waals surface area contributed by atoms with Crippen molar-refractivity contribution in [3.05, 3.63) is 0 Å². The molecule has 0 spiro atoms. The van der Waals surface area contributed by atoms with E-state index in [0.29, 0.717) is 0 Å². The van der Waals surface area contributed by atoms with Crippen molar-refractivity contribution in [2.75, 3.05) is 6.61 Å². The predicted octanol–water partition coefficient (Wildman–Crippen LogP) is -0.000700. The maximum Gasteiger partial charge on any atom is 0.303 e. The first kappa shape index (κ1) is 20.2. The second-order valence-electron chi connectivity index (χ2n) is 5.09. The van der Waals surface area contributed by atoms with E-state index in [1.165, 1.54) is 6.92 Å². The van der Waals surface area contributed by atoms with Crippen LogP contribution in [0.4, 0.5) is 0 Å². The van der Waals surface area contributed by atoms with Gasteiger partial charge in [0.15, 0.2) is 18.3 Å². The third kappa shape index (κ3) is 6.00. The first-order chi connectivity index (χ1) is 11.1. The molecule has 0 aromatic rings. The molecule has 1 aliphatic heterocycles. The van der Waals surface area contributed by atoms with Crippen molar-refractivity contribution in [3.63, 3.8) is 0 Å².